The molecule has 0 bridgehead atoms. The van der Waals surface area contributed by atoms with Crippen molar-refractivity contribution in [1.29, 1.82) is 0 Å². The molecule has 1 aromatic rings. The van der Waals surface area contributed by atoms with Gasteiger partial charge in [0.2, 0.25) is 0 Å². The van der Waals surface area contributed by atoms with Crippen molar-refractivity contribution >= 4 is 11.8 Å². The van der Waals surface area contributed by atoms with Crippen LogP contribution in [0.1, 0.15) is 5.69 Å². The number of nitrogens with zero attached hydrogens (tertiary/aromatic N) is 5. The number of aryl methyl sites for hydroxylation is 1. The number of ether oxygens (including phenoxy) is 1. The summed E-state index contributed by atoms with van der Waals surface area (Å²) in [5.41, 5.74) is 0.902. The summed E-state index contributed by atoms with van der Waals surface area (Å²) in [6.07, 6.45) is 0.0470. The largest absolute Gasteiger partial charge is 0.372 e. The quantitative estimate of drug-likeness (QED) is 0.747. The average molecular weight is 291 g/mol. The Balaban J connectivity index is 1.78. The molecule has 0 aromatic carbocycles. The number of amides is 2. The number of hydrogen-bond acceptors (Lipinski definition) is 5. The molecule has 7 nitrogen and oxygen atoms in total. The van der Waals surface area contributed by atoms with E-state index in [1.54, 1.807) is 19.0 Å². The van der Waals surface area contributed by atoms with Crippen molar-refractivity contribution in [2.75, 3.05) is 45.2 Å². The first-order chi connectivity index (χ1) is 10.1. The zero-order chi connectivity index (χ0) is 15.0. The minimum Gasteiger partial charge on any atom is -0.372 e. The van der Waals surface area contributed by atoms with Crippen LogP contribution in [0.4, 0.5) is 10.6 Å². The van der Waals surface area contributed by atoms with Gasteiger partial charge in [0, 0.05) is 27.2 Å². The summed E-state index contributed by atoms with van der Waals surface area (Å²) in [7, 11) is 3.54. The third-order valence-electron chi connectivity index (χ3n) is 4.03. The Morgan fingerprint density at radius 3 is 2.81 bits per heavy atom. The van der Waals surface area contributed by atoms with Crippen molar-refractivity contribution in [2.24, 2.45) is 0 Å². The highest BCUT2D eigenvalue weighted by atomic mass is 16.5. The monoisotopic (exact) mass is 291 g/mol. The minimum atomic E-state index is 0.0305. The number of carbonyl (C=O) groups is 1. The molecule has 21 heavy (non-hydrogen) atoms. The highest BCUT2D eigenvalue weighted by Crippen LogP contribution is 2.27. The molecule has 1 aromatic heterocycles. The molecular weight excluding hydrogens is 270 g/mol. The Bertz CT molecular complexity index is 519. The highest BCUT2D eigenvalue weighted by Gasteiger charge is 2.42. The summed E-state index contributed by atoms with van der Waals surface area (Å²) in [5, 5.41) is 8.40. The Kier molecular flexibility index (Phi) is 3.67. The summed E-state index contributed by atoms with van der Waals surface area (Å²) in [6.45, 7) is 4.66. The van der Waals surface area contributed by atoms with Crippen LogP contribution in [0.5, 0.6) is 0 Å². The van der Waals surface area contributed by atoms with Crippen LogP contribution in [0.25, 0.3) is 0 Å². The predicted octanol–water partition coefficient (Wildman–Crippen LogP) is 0.356. The molecule has 0 unspecified atom stereocenters. The van der Waals surface area contributed by atoms with E-state index in [1.165, 1.54) is 0 Å². The summed E-state index contributed by atoms with van der Waals surface area (Å²) in [5.74, 6) is 0.859. The summed E-state index contributed by atoms with van der Waals surface area (Å²) in [4.78, 5) is 17.8. The average Bonchev–Trinajstić information content (AvgIpc) is 2.91. The van der Waals surface area contributed by atoms with E-state index >= 15 is 0 Å². The maximum absolute atomic E-state index is 12.1. The predicted molar refractivity (Wildman–Crippen MR) is 78.3 cm³/mol. The van der Waals surface area contributed by atoms with Gasteiger partial charge in [-0.05, 0) is 19.1 Å². The lowest BCUT2D eigenvalue weighted by Gasteiger charge is -2.37. The molecule has 2 aliphatic heterocycles. The number of aromatic nitrogens is 2. The number of carbonyl (C=O) groups excluding carboxylic acids is 1. The lowest BCUT2D eigenvalue weighted by molar-refractivity contribution is 0.0313. The molecule has 2 fully saturated rings. The zero-order valence-corrected chi connectivity index (χ0v) is 12.7. The number of anilines is 1. The molecule has 3 heterocycles. The molecule has 2 atom stereocenters. The number of rotatable bonds is 1. The third kappa shape index (κ3) is 2.65. The Hall–Kier alpha value is -1.89. The molecule has 0 aliphatic carbocycles. The van der Waals surface area contributed by atoms with Crippen LogP contribution in [0.2, 0.25) is 0 Å². The van der Waals surface area contributed by atoms with Gasteiger partial charge in [0.1, 0.15) is 0 Å². The SMILES string of the molecule is Cc1ccc(N2CCO[C@H]3CN(C(=O)N(C)C)C[C@H]32)nn1. The van der Waals surface area contributed by atoms with Crippen LogP contribution >= 0.6 is 0 Å². The molecule has 114 valence electrons. The molecule has 2 saturated heterocycles. The molecule has 2 aliphatic rings. The van der Waals surface area contributed by atoms with Crippen LogP contribution in [-0.4, -0.2) is 78.5 Å². The summed E-state index contributed by atoms with van der Waals surface area (Å²) >= 11 is 0. The first kappa shape index (κ1) is 14.1. The van der Waals surface area contributed by atoms with Gasteiger partial charge in [-0.25, -0.2) is 4.79 Å². The zero-order valence-electron chi connectivity index (χ0n) is 12.7. The van der Waals surface area contributed by atoms with Crippen molar-refractivity contribution < 1.29 is 9.53 Å². The lowest BCUT2D eigenvalue weighted by Crippen LogP contribution is -2.51. The van der Waals surface area contributed by atoms with Gasteiger partial charge in [0.25, 0.3) is 0 Å². The summed E-state index contributed by atoms with van der Waals surface area (Å²) < 4.78 is 5.84. The molecular formula is C14H21N5O2. The second-order valence-electron chi connectivity index (χ2n) is 5.78. The third-order valence-corrected chi connectivity index (χ3v) is 4.03. The van der Waals surface area contributed by atoms with E-state index in [2.05, 4.69) is 15.1 Å². The molecule has 0 N–H and O–H groups in total. The standard InChI is InChI=1S/C14H21N5O2/c1-10-4-5-13(16-15-10)19-6-7-21-12-9-18(8-11(12)19)14(20)17(2)3/h4-5,11-12H,6-9H2,1-3H3/t11-,12+/m1/s1. The van der Waals surface area contributed by atoms with E-state index in [0.29, 0.717) is 19.7 Å². The van der Waals surface area contributed by atoms with E-state index in [0.717, 1.165) is 18.1 Å². The van der Waals surface area contributed by atoms with Crippen molar-refractivity contribution in [3.63, 3.8) is 0 Å². The first-order valence-electron chi connectivity index (χ1n) is 7.21. The van der Waals surface area contributed by atoms with Gasteiger partial charge in [-0.15, -0.1) is 5.10 Å². The minimum absolute atomic E-state index is 0.0305. The fourth-order valence-electron chi connectivity index (χ4n) is 2.96. The van der Waals surface area contributed by atoms with Gasteiger partial charge in [0.15, 0.2) is 5.82 Å². The highest BCUT2D eigenvalue weighted by molar-refractivity contribution is 5.74. The Morgan fingerprint density at radius 1 is 1.33 bits per heavy atom. The second-order valence-corrected chi connectivity index (χ2v) is 5.78. The molecule has 7 heteroatoms. The Morgan fingerprint density at radius 2 is 2.14 bits per heavy atom. The van der Waals surface area contributed by atoms with Gasteiger partial charge in [0.05, 0.1) is 31.0 Å². The molecule has 0 saturated carbocycles. The normalized spacial score (nSPS) is 24.9. The van der Waals surface area contributed by atoms with Crippen LogP contribution in [0.15, 0.2) is 12.1 Å². The molecule has 3 rings (SSSR count). The van der Waals surface area contributed by atoms with Gasteiger partial charge in [-0.1, -0.05) is 0 Å². The smallest absolute Gasteiger partial charge is 0.319 e. The van der Waals surface area contributed by atoms with Crippen molar-refractivity contribution in [2.45, 2.75) is 19.1 Å². The van der Waals surface area contributed by atoms with Crippen LogP contribution in [0.3, 0.4) is 0 Å². The van der Waals surface area contributed by atoms with Gasteiger partial charge in [-0.3, -0.25) is 0 Å². The number of morpholine rings is 1. The van der Waals surface area contributed by atoms with Crippen molar-refractivity contribution in [3.05, 3.63) is 17.8 Å². The number of urea groups is 1. The van der Waals surface area contributed by atoms with E-state index in [-0.39, 0.29) is 18.2 Å². The fraction of sp³-hybridized carbons (Fsp3) is 0.643. The topological polar surface area (TPSA) is 61.8 Å². The van der Waals surface area contributed by atoms with Gasteiger partial charge >= 0.3 is 6.03 Å². The van der Waals surface area contributed by atoms with Crippen molar-refractivity contribution in [1.82, 2.24) is 20.0 Å². The van der Waals surface area contributed by atoms with Crippen molar-refractivity contribution in [3.8, 4) is 0 Å². The molecule has 0 radical (unpaired) electrons. The van der Waals surface area contributed by atoms with E-state index in [9.17, 15) is 4.79 Å². The Labute approximate surface area is 124 Å². The van der Waals surface area contributed by atoms with E-state index in [1.807, 2.05) is 24.0 Å². The number of fused-ring (bicyclic) bond motifs is 1. The molecule has 2 amide bonds. The van der Waals surface area contributed by atoms with Crippen LogP contribution in [-0.2, 0) is 4.74 Å². The lowest BCUT2D eigenvalue weighted by atomic mass is 10.1. The van der Waals surface area contributed by atoms with Gasteiger partial charge < -0.3 is 19.4 Å². The maximum Gasteiger partial charge on any atom is 0.319 e. The van der Waals surface area contributed by atoms with E-state index < -0.39 is 0 Å². The number of likely N-dealkylation sites (tertiary alicyclic amines) is 1. The maximum atomic E-state index is 12.1. The van der Waals surface area contributed by atoms with Crippen LogP contribution < -0.4 is 4.90 Å². The number of hydrogen-bond donors (Lipinski definition) is 0. The first-order valence-corrected chi connectivity index (χ1v) is 7.21. The second kappa shape index (κ2) is 5.48. The molecule has 0 spiro atoms. The fourth-order valence-corrected chi connectivity index (χ4v) is 2.96. The summed E-state index contributed by atoms with van der Waals surface area (Å²) in [6, 6.07) is 4.13. The van der Waals surface area contributed by atoms with Gasteiger partial charge in [-0.2, -0.15) is 5.10 Å². The van der Waals surface area contributed by atoms with E-state index in [4.69, 9.17) is 4.74 Å². The van der Waals surface area contributed by atoms with Crippen LogP contribution in [0, 0.1) is 6.92 Å².